The van der Waals surface area contributed by atoms with Gasteiger partial charge in [0.05, 0.1) is 37.6 Å². The predicted molar refractivity (Wildman–Crippen MR) is 196 cm³/mol. The highest BCUT2D eigenvalue weighted by Gasteiger charge is 1.95. The van der Waals surface area contributed by atoms with Crippen LogP contribution in [0.5, 0.6) is 0 Å². The zero-order valence-corrected chi connectivity index (χ0v) is 32.3. The smallest absolute Gasteiger partial charge is 0.0946 e. The SMILES string of the molecule is CC(C)CCCn1ccnc1.CC(C)OCCn1ccnc1.CCCC(C)C.CCCCCOC(C)C.CCCCOC(C)C. The standard InChI is InChI=1S/C9H16N2.C8H14N2O.C8H18O.C7H16O.C6H14/c1-9(2)4-3-6-11-7-5-10-8-11;1-8(2)11-6-5-10-4-3-9-7-10;1-4-5-6-7-9-8(2)3;1-4-5-6-8-7(2)3;1-4-5-6(2)3/h5,7-9H,3-4,6H2,1-2H3;3-4,7-8H,5-6H2,1-2H3;8H,4-7H2,1-3H3;7H,4-6H2,1-3H3;6H,4-5H2,1-3H3. The van der Waals surface area contributed by atoms with E-state index < -0.39 is 0 Å². The van der Waals surface area contributed by atoms with E-state index in [1.807, 2.05) is 43.3 Å². The van der Waals surface area contributed by atoms with Gasteiger partial charge in [-0.1, -0.05) is 80.6 Å². The number of imidazole rings is 2. The van der Waals surface area contributed by atoms with Crippen molar-refractivity contribution in [3.8, 4) is 0 Å². The molecule has 0 amide bonds. The molecule has 2 rings (SSSR count). The van der Waals surface area contributed by atoms with Crippen LogP contribution in [0.2, 0.25) is 0 Å². The summed E-state index contributed by atoms with van der Waals surface area (Å²) in [7, 11) is 0. The van der Waals surface area contributed by atoms with Crippen LogP contribution >= 0.6 is 0 Å². The maximum Gasteiger partial charge on any atom is 0.0946 e. The van der Waals surface area contributed by atoms with Crippen molar-refractivity contribution in [2.45, 2.75) is 179 Å². The van der Waals surface area contributed by atoms with E-state index in [-0.39, 0.29) is 0 Å². The zero-order chi connectivity index (χ0) is 34.7. The molecule has 0 saturated heterocycles. The number of hydrogen-bond acceptors (Lipinski definition) is 5. The molecule has 0 spiro atoms. The van der Waals surface area contributed by atoms with Crippen molar-refractivity contribution in [1.82, 2.24) is 19.1 Å². The third-order valence-corrected chi connectivity index (χ3v) is 6.13. The lowest BCUT2D eigenvalue weighted by atomic mass is 10.1. The number of unbranched alkanes of at least 4 members (excludes halogenated alkanes) is 3. The molecule has 0 radical (unpaired) electrons. The summed E-state index contributed by atoms with van der Waals surface area (Å²) in [4.78, 5) is 7.91. The van der Waals surface area contributed by atoms with Gasteiger partial charge in [-0.3, -0.25) is 0 Å². The summed E-state index contributed by atoms with van der Waals surface area (Å²) in [5.74, 6) is 1.72. The molecular weight excluding hydrogens is 560 g/mol. The lowest BCUT2D eigenvalue weighted by Crippen LogP contribution is -2.09. The van der Waals surface area contributed by atoms with E-state index in [1.54, 1.807) is 12.5 Å². The first-order valence-electron chi connectivity index (χ1n) is 18.1. The maximum absolute atomic E-state index is 5.37. The molecule has 268 valence electrons. The second kappa shape index (κ2) is 36.8. The monoisotopic (exact) mass is 639 g/mol. The quantitative estimate of drug-likeness (QED) is 0.143. The van der Waals surface area contributed by atoms with Gasteiger partial charge in [-0.25, -0.2) is 9.97 Å². The highest BCUT2D eigenvalue weighted by atomic mass is 16.5. The summed E-state index contributed by atoms with van der Waals surface area (Å²) >= 11 is 0. The van der Waals surface area contributed by atoms with Gasteiger partial charge in [-0.15, -0.1) is 0 Å². The molecule has 2 heterocycles. The molecule has 7 heteroatoms. The highest BCUT2D eigenvalue weighted by molar-refractivity contribution is 4.74. The van der Waals surface area contributed by atoms with E-state index in [9.17, 15) is 0 Å². The number of rotatable bonds is 19. The lowest BCUT2D eigenvalue weighted by molar-refractivity contribution is 0.0727. The van der Waals surface area contributed by atoms with Crippen molar-refractivity contribution in [3.63, 3.8) is 0 Å². The molecule has 0 atom stereocenters. The lowest BCUT2D eigenvalue weighted by Gasteiger charge is -2.06. The van der Waals surface area contributed by atoms with Crippen LogP contribution < -0.4 is 0 Å². The van der Waals surface area contributed by atoms with Gasteiger partial charge in [-0.2, -0.15) is 0 Å². The van der Waals surface area contributed by atoms with E-state index in [2.05, 4.69) is 90.7 Å². The minimum Gasteiger partial charge on any atom is -0.379 e. The van der Waals surface area contributed by atoms with Crippen LogP contribution in [0.4, 0.5) is 0 Å². The Morgan fingerprint density at radius 1 is 0.489 bits per heavy atom. The van der Waals surface area contributed by atoms with Crippen molar-refractivity contribution in [3.05, 3.63) is 37.4 Å². The summed E-state index contributed by atoms with van der Waals surface area (Å²) < 4.78 is 20.1. The molecule has 0 aliphatic rings. The first kappa shape index (κ1) is 47.7. The Balaban J connectivity index is -0.000000498. The summed E-state index contributed by atoms with van der Waals surface area (Å²) in [6.07, 6.45) is 23.8. The van der Waals surface area contributed by atoms with Crippen molar-refractivity contribution < 1.29 is 14.2 Å². The van der Waals surface area contributed by atoms with Gasteiger partial charge in [0, 0.05) is 51.1 Å². The van der Waals surface area contributed by atoms with E-state index in [4.69, 9.17) is 14.2 Å². The summed E-state index contributed by atoms with van der Waals surface area (Å²) in [6.45, 7) is 32.6. The molecule has 0 bridgehead atoms. The van der Waals surface area contributed by atoms with Crippen LogP contribution in [-0.2, 0) is 27.3 Å². The third kappa shape index (κ3) is 46.8. The largest absolute Gasteiger partial charge is 0.379 e. The number of hydrogen-bond donors (Lipinski definition) is 0. The Morgan fingerprint density at radius 2 is 0.933 bits per heavy atom. The number of nitrogens with zero attached hydrogens (tertiary/aromatic N) is 4. The minimum atomic E-state index is 0.318. The molecule has 2 aromatic heterocycles. The Hall–Kier alpha value is -1.70. The summed E-state index contributed by atoms with van der Waals surface area (Å²) in [5.41, 5.74) is 0. The molecule has 0 saturated carbocycles. The van der Waals surface area contributed by atoms with Crippen molar-refractivity contribution in [2.75, 3.05) is 19.8 Å². The molecule has 45 heavy (non-hydrogen) atoms. The van der Waals surface area contributed by atoms with Gasteiger partial charge < -0.3 is 23.3 Å². The molecule has 7 nitrogen and oxygen atoms in total. The van der Waals surface area contributed by atoms with Gasteiger partial charge in [-0.05, 0) is 79.1 Å². The Labute approximate surface area is 281 Å². The second-order valence-corrected chi connectivity index (χ2v) is 13.1. The molecule has 0 fully saturated rings. The molecule has 0 aliphatic heterocycles. The van der Waals surface area contributed by atoms with Crippen LogP contribution in [0.3, 0.4) is 0 Å². The van der Waals surface area contributed by atoms with Crippen molar-refractivity contribution in [1.29, 1.82) is 0 Å². The molecular formula is C38H78N4O3. The summed E-state index contributed by atoms with van der Waals surface area (Å²) in [5, 5.41) is 0. The molecule has 0 aliphatic carbocycles. The Bertz CT molecular complexity index is 701. The first-order valence-corrected chi connectivity index (χ1v) is 18.1. The van der Waals surface area contributed by atoms with Crippen LogP contribution in [0.1, 0.15) is 148 Å². The van der Waals surface area contributed by atoms with E-state index in [0.29, 0.717) is 18.3 Å². The minimum absolute atomic E-state index is 0.318. The van der Waals surface area contributed by atoms with E-state index >= 15 is 0 Å². The van der Waals surface area contributed by atoms with E-state index in [1.165, 1.54) is 57.8 Å². The normalized spacial score (nSPS) is 10.6. The molecule has 0 aromatic carbocycles. The number of aromatic nitrogens is 4. The zero-order valence-electron chi connectivity index (χ0n) is 32.3. The average Bonchev–Trinajstić information content (AvgIpc) is 3.67. The van der Waals surface area contributed by atoms with Gasteiger partial charge >= 0.3 is 0 Å². The fraction of sp³-hybridized carbons (Fsp3) is 0.842. The average molecular weight is 639 g/mol. The van der Waals surface area contributed by atoms with Gasteiger partial charge in [0.15, 0.2) is 0 Å². The fourth-order valence-corrected chi connectivity index (χ4v) is 3.63. The van der Waals surface area contributed by atoms with Crippen LogP contribution in [0, 0.1) is 11.8 Å². The molecule has 2 aromatic rings. The Kier molecular flexibility index (Phi) is 39.0. The topological polar surface area (TPSA) is 63.3 Å². The number of ether oxygens (including phenoxy) is 3. The van der Waals surface area contributed by atoms with E-state index in [0.717, 1.165) is 44.7 Å². The predicted octanol–water partition coefficient (Wildman–Crippen LogP) is 10.9. The van der Waals surface area contributed by atoms with Crippen LogP contribution in [-0.4, -0.2) is 57.2 Å². The van der Waals surface area contributed by atoms with Crippen LogP contribution in [0.15, 0.2) is 37.4 Å². The third-order valence-electron chi connectivity index (χ3n) is 6.13. The first-order chi connectivity index (χ1) is 21.4. The van der Waals surface area contributed by atoms with Crippen molar-refractivity contribution >= 4 is 0 Å². The van der Waals surface area contributed by atoms with Crippen molar-refractivity contribution in [2.24, 2.45) is 11.8 Å². The summed E-state index contributed by atoms with van der Waals surface area (Å²) in [6, 6.07) is 0. The second-order valence-electron chi connectivity index (χ2n) is 13.1. The van der Waals surface area contributed by atoms with Gasteiger partial charge in [0.25, 0.3) is 0 Å². The fourth-order valence-electron chi connectivity index (χ4n) is 3.63. The van der Waals surface area contributed by atoms with Crippen LogP contribution in [0.25, 0.3) is 0 Å². The molecule has 0 unspecified atom stereocenters. The Morgan fingerprint density at radius 3 is 1.29 bits per heavy atom. The maximum atomic E-state index is 5.37. The van der Waals surface area contributed by atoms with Gasteiger partial charge in [0.2, 0.25) is 0 Å². The number of aryl methyl sites for hydroxylation is 1. The van der Waals surface area contributed by atoms with Gasteiger partial charge in [0.1, 0.15) is 0 Å². The highest BCUT2D eigenvalue weighted by Crippen LogP contribution is 2.04. The molecule has 0 N–H and O–H groups in total.